The molecular weight excluding hydrogens is 143 g/mol. The first-order valence-electron chi connectivity index (χ1n) is 2.41. The lowest BCUT2D eigenvalue weighted by molar-refractivity contribution is 0.602. The van der Waals surface area contributed by atoms with Crippen molar-refractivity contribution in [3.05, 3.63) is 0 Å². The summed E-state index contributed by atoms with van der Waals surface area (Å²) < 4.78 is 20.9. The fraction of sp³-hybridized carbons (Fsp3) is 1.00. The fourth-order valence-corrected chi connectivity index (χ4v) is 2.24. The molecule has 0 spiro atoms. The first-order valence-corrected chi connectivity index (χ1v) is 4.23. The highest BCUT2D eigenvalue weighted by molar-refractivity contribution is 7.91. The zero-order chi connectivity index (χ0) is 5.33. The molecule has 0 amide bonds. The van der Waals surface area contributed by atoms with Gasteiger partial charge >= 0.3 is 0 Å². The van der Waals surface area contributed by atoms with E-state index in [1.165, 1.54) is 0 Å². The van der Waals surface area contributed by atoms with Gasteiger partial charge in [-0.3, -0.25) is 0 Å². The molecule has 1 aliphatic heterocycles. The van der Waals surface area contributed by atoms with Crippen molar-refractivity contribution in [3.63, 3.8) is 0 Å². The Hall–Kier alpha value is 0.380. The Morgan fingerprint density at radius 3 is 1.50 bits per heavy atom. The molecule has 0 aliphatic carbocycles. The van der Waals surface area contributed by atoms with E-state index in [4.69, 9.17) is 0 Å². The molecule has 1 aliphatic rings. The van der Waals surface area contributed by atoms with Gasteiger partial charge in [0.05, 0.1) is 11.5 Å². The predicted molar refractivity (Wildman–Crippen MR) is 39.0 cm³/mol. The Balaban J connectivity index is 0.000000490. The van der Waals surface area contributed by atoms with Gasteiger partial charge in [0.25, 0.3) is 0 Å². The van der Waals surface area contributed by atoms with Crippen LogP contribution in [0.15, 0.2) is 0 Å². The van der Waals surface area contributed by atoms with Crippen molar-refractivity contribution in [2.75, 3.05) is 11.5 Å². The third-order valence-corrected chi connectivity index (χ3v) is 2.98. The van der Waals surface area contributed by atoms with Crippen LogP contribution in [0.1, 0.15) is 12.8 Å². The molecule has 8 heavy (non-hydrogen) atoms. The van der Waals surface area contributed by atoms with Crippen LogP contribution in [0.25, 0.3) is 0 Å². The zero-order valence-corrected chi connectivity index (χ0v) is 6.99. The van der Waals surface area contributed by atoms with Crippen LogP contribution in [0, 0.1) is 0 Å². The van der Waals surface area contributed by atoms with Crippen LogP contribution in [0.3, 0.4) is 0 Å². The van der Waals surface area contributed by atoms with Gasteiger partial charge in [-0.1, -0.05) is 0 Å². The standard InChI is InChI=1S/C4H8O2S.H3P/c5-7(6)3-1-2-4-7;/h1-4H2;1H3. The summed E-state index contributed by atoms with van der Waals surface area (Å²) >= 11 is 0. The van der Waals surface area contributed by atoms with Gasteiger partial charge in [-0.2, -0.15) is 9.90 Å². The van der Waals surface area contributed by atoms with Gasteiger partial charge in [0, 0.05) is 0 Å². The lowest BCUT2D eigenvalue weighted by Crippen LogP contribution is -1.98. The molecular formula is C4H11O2PS. The van der Waals surface area contributed by atoms with E-state index in [0.717, 1.165) is 12.8 Å². The first kappa shape index (κ1) is 8.38. The summed E-state index contributed by atoms with van der Waals surface area (Å²) in [6.45, 7) is 0. The SMILES string of the molecule is O=S1(=O)CCCC1.P. The zero-order valence-electron chi connectivity index (χ0n) is 4.76. The predicted octanol–water partition coefficient (Wildman–Crippen LogP) is 0.253. The van der Waals surface area contributed by atoms with E-state index in [0.29, 0.717) is 11.5 Å². The van der Waals surface area contributed by atoms with Crippen molar-refractivity contribution in [1.29, 1.82) is 0 Å². The average Bonchev–Trinajstić information content (AvgIpc) is 1.84. The molecule has 0 radical (unpaired) electrons. The Kier molecular flexibility index (Phi) is 2.92. The summed E-state index contributed by atoms with van der Waals surface area (Å²) in [5.41, 5.74) is 0. The highest BCUT2D eigenvalue weighted by Gasteiger charge is 2.16. The van der Waals surface area contributed by atoms with Crippen molar-refractivity contribution in [2.45, 2.75) is 12.8 Å². The molecule has 1 fully saturated rings. The molecule has 0 saturated carbocycles. The van der Waals surface area contributed by atoms with Crippen molar-refractivity contribution in [3.8, 4) is 0 Å². The molecule has 1 atom stereocenters. The minimum absolute atomic E-state index is 0. The van der Waals surface area contributed by atoms with Gasteiger partial charge in [0.2, 0.25) is 0 Å². The van der Waals surface area contributed by atoms with Gasteiger partial charge in [0.1, 0.15) is 9.84 Å². The van der Waals surface area contributed by atoms with Crippen LogP contribution in [0.2, 0.25) is 0 Å². The average molecular weight is 154 g/mol. The van der Waals surface area contributed by atoms with Crippen LogP contribution in [0.5, 0.6) is 0 Å². The monoisotopic (exact) mass is 154 g/mol. The van der Waals surface area contributed by atoms with Crippen molar-refractivity contribution in [2.24, 2.45) is 0 Å². The molecule has 1 heterocycles. The lowest BCUT2D eigenvalue weighted by Gasteiger charge is -1.81. The molecule has 50 valence electrons. The normalized spacial score (nSPS) is 24.5. The minimum Gasteiger partial charge on any atom is -0.229 e. The second-order valence-corrected chi connectivity index (χ2v) is 4.16. The summed E-state index contributed by atoms with van der Waals surface area (Å²) in [5, 5.41) is 0. The van der Waals surface area contributed by atoms with Gasteiger partial charge in [0.15, 0.2) is 0 Å². The number of sulfone groups is 1. The van der Waals surface area contributed by atoms with Gasteiger partial charge in [-0.15, -0.1) is 0 Å². The van der Waals surface area contributed by atoms with Crippen molar-refractivity contribution < 1.29 is 8.42 Å². The van der Waals surface area contributed by atoms with E-state index < -0.39 is 9.84 Å². The molecule has 0 aromatic heterocycles. The Morgan fingerprint density at radius 2 is 1.38 bits per heavy atom. The molecule has 1 saturated heterocycles. The largest absolute Gasteiger partial charge is 0.229 e. The smallest absolute Gasteiger partial charge is 0.150 e. The maximum Gasteiger partial charge on any atom is 0.150 e. The fourth-order valence-electron chi connectivity index (χ4n) is 0.746. The van der Waals surface area contributed by atoms with Gasteiger partial charge < -0.3 is 0 Å². The van der Waals surface area contributed by atoms with E-state index in [1.54, 1.807) is 0 Å². The van der Waals surface area contributed by atoms with Crippen molar-refractivity contribution in [1.82, 2.24) is 0 Å². The molecule has 1 rings (SSSR count). The second kappa shape index (κ2) is 2.79. The molecule has 0 aromatic rings. The topological polar surface area (TPSA) is 34.1 Å². The Bertz CT molecular complexity index is 137. The van der Waals surface area contributed by atoms with E-state index in [1.807, 2.05) is 0 Å². The van der Waals surface area contributed by atoms with E-state index >= 15 is 0 Å². The van der Waals surface area contributed by atoms with Crippen LogP contribution < -0.4 is 0 Å². The molecule has 0 aromatic carbocycles. The quantitative estimate of drug-likeness (QED) is 0.469. The first-order chi connectivity index (χ1) is 3.21. The Morgan fingerprint density at radius 1 is 1.00 bits per heavy atom. The molecule has 4 heteroatoms. The third kappa shape index (κ3) is 2.10. The second-order valence-electron chi connectivity index (χ2n) is 1.86. The molecule has 0 bridgehead atoms. The Labute approximate surface area is 53.2 Å². The van der Waals surface area contributed by atoms with Crippen LogP contribution >= 0.6 is 9.90 Å². The van der Waals surface area contributed by atoms with E-state index in [-0.39, 0.29) is 9.90 Å². The molecule has 1 unspecified atom stereocenters. The highest BCUT2D eigenvalue weighted by Crippen LogP contribution is 2.08. The maximum atomic E-state index is 10.4. The van der Waals surface area contributed by atoms with Crippen LogP contribution in [-0.4, -0.2) is 19.9 Å². The highest BCUT2D eigenvalue weighted by atomic mass is 32.2. The summed E-state index contributed by atoms with van der Waals surface area (Å²) in [4.78, 5) is 0. The maximum absolute atomic E-state index is 10.4. The third-order valence-electron chi connectivity index (χ3n) is 1.16. The summed E-state index contributed by atoms with van der Waals surface area (Å²) in [5.74, 6) is 0.847. The number of hydrogen-bond donors (Lipinski definition) is 0. The summed E-state index contributed by atoms with van der Waals surface area (Å²) in [6.07, 6.45) is 1.75. The van der Waals surface area contributed by atoms with Crippen LogP contribution in [-0.2, 0) is 9.84 Å². The van der Waals surface area contributed by atoms with Crippen molar-refractivity contribution >= 4 is 19.7 Å². The number of rotatable bonds is 0. The lowest BCUT2D eigenvalue weighted by atomic mass is 10.4. The van der Waals surface area contributed by atoms with Gasteiger partial charge in [-0.05, 0) is 12.8 Å². The minimum atomic E-state index is -2.55. The summed E-state index contributed by atoms with van der Waals surface area (Å²) in [6, 6.07) is 0. The summed E-state index contributed by atoms with van der Waals surface area (Å²) in [7, 11) is -2.55. The molecule has 0 N–H and O–H groups in total. The molecule has 2 nitrogen and oxygen atoms in total. The number of hydrogen-bond acceptors (Lipinski definition) is 2. The van der Waals surface area contributed by atoms with Gasteiger partial charge in [-0.25, -0.2) is 8.42 Å². The van der Waals surface area contributed by atoms with E-state index in [2.05, 4.69) is 0 Å². The van der Waals surface area contributed by atoms with E-state index in [9.17, 15) is 8.42 Å². The van der Waals surface area contributed by atoms with Crippen LogP contribution in [0.4, 0.5) is 0 Å².